The van der Waals surface area contributed by atoms with Crippen LogP contribution in [-0.4, -0.2) is 11.1 Å². The molecule has 0 spiro atoms. The molecule has 0 unspecified atom stereocenters. The molecule has 0 bridgehead atoms. The summed E-state index contributed by atoms with van der Waals surface area (Å²) < 4.78 is 0. The van der Waals surface area contributed by atoms with Crippen molar-refractivity contribution in [3.05, 3.63) is 91.6 Å². The highest BCUT2D eigenvalue weighted by Crippen LogP contribution is 1.97. The van der Waals surface area contributed by atoms with Gasteiger partial charge in [-0.2, -0.15) is 5.26 Å². The van der Waals surface area contributed by atoms with Gasteiger partial charge in [0.25, 0.3) is 0 Å². The van der Waals surface area contributed by atoms with E-state index in [1.807, 2.05) is 42.5 Å². The van der Waals surface area contributed by atoms with E-state index in [4.69, 9.17) is 10.4 Å². The molecule has 1 N–H and O–H groups in total. The van der Waals surface area contributed by atoms with Gasteiger partial charge < -0.3 is 5.11 Å². The molecule has 0 aromatic heterocycles. The van der Waals surface area contributed by atoms with E-state index in [-0.39, 0.29) is 5.57 Å². The van der Waals surface area contributed by atoms with Gasteiger partial charge in [0.15, 0.2) is 0 Å². The highest BCUT2D eigenvalue weighted by atomic mass is 16.4. The van der Waals surface area contributed by atoms with Gasteiger partial charge >= 0.3 is 5.97 Å². The Kier molecular flexibility index (Phi) is 16.3. The van der Waals surface area contributed by atoms with Crippen molar-refractivity contribution in [2.24, 2.45) is 0 Å². The van der Waals surface area contributed by atoms with Crippen LogP contribution >= 0.6 is 0 Å². The van der Waals surface area contributed by atoms with Crippen LogP contribution in [0.5, 0.6) is 0 Å². The lowest BCUT2D eigenvalue weighted by Gasteiger charge is -1.87. The highest BCUT2D eigenvalue weighted by Gasteiger charge is 1.96. The number of rotatable bonds is 5. The lowest BCUT2D eigenvalue weighted by molar-refractivity contribution is -0.132. The second kappa shape index (κ2) is 16.9. The zero-order chi connectivity index (χ0) is 17.9. The molecule has 0 saturated carbocycles. The van der Waals surface area contributed by atoms with Crippen molar-refractivity contribution < 1.29 is 9.90 Å². The first-order valence-electron chi connectivity index (χ1n) is 6.95. The van der Waals surface area contributed by atoms with Gasteiger partial charge in [-0.25, -0.2) is 4.79 Å². The van der Waals surface area contributed by atoms with Crippen LogP contribution in [0.1, 0.15) is 18.9 Å². The summed E-state index contributed by atoms with van der Waals surface area (Å²) in [4.78, 5) is 9.83. The molecule has 0 aliphatic rings. The molecule has 0 fully saturated rings. The molecule has 3 heteroatoms. The maximum absolute atomic E-state index is 9.83. The molecule has 0 aliphatic carbocycles. The molecule has 120 valence electrons. The summed E-state index contributed by atoms with van der Waals surface area (Å²) in [5.41, 5.74) is 1.44. The monoisotopic (exact) mass is 309 g/mol. The van der Waals surface area contributed by atoms with Crippen LogP contribution in [-0.2, 0) is 4.79 Å². The number of allylic oxidation sites excluding steroid dienone is 5. The maximum Gasteiger partial charge on any atom is 0.330 e. The predicted octanol–water partition coefficient (Wildman–Crippen LogP) is 5.18. The lowest BCUT2D eigenvalue weighted by atomic mass is 10.2. The van der Waals surface area contributed by atoms with Gasteiger partial charge in [-0.05, 0) is 12.0 Å². The number of nitriles is 1. The van der Waals surface area contributed by atoms with Gasteiger partial charge in [0.2, 0.25) is 0 Å². The minimum atomic E-state index is -0.900. The van der Waals surface area contributed by atoms with E-state index in [9.17, 15) is 4.79 Å². The number of carboxylic acid groups (broad SMARTS) is 1. The van der Waals surface area contributed by atoms with E-state index in [1.54, 1.807) is 31.2 Å². The van der Waals surface area contributed by atoms with Crippen molar-refractivity contribution >= 4 is 12.0 Å². The molecule has 0 saturated heterocycles. The molecule has 0 radical (unpaired) electrons. The Morgan fingerprint density at radius 1 is 1.22 bits per heavy atom. The first-order valence-corrected chi connectivity index (χ1v) is 6.95. The first kappa shape index (κ1) is 22.2. The van der Waals surface area contributed by atoms with Gasteiger partial charge in [-0.15, -0.1) is 0 Å². The number of nitrogens with zero attached hydrogens (tertiary/aromatic N) is 1. The third-order valence-electron chi connectivity index (χ3n) is 2.29. The normalized spacial score (nSPS) is 8.87. The van der Waals surface area contributed by atoms with Crippen LogP contribution in [0.15, 0.2) is 86.0 Å². The van der Waals surface area contributed by atoms with Crippen LogP contribution in [0, 0.1) is 11.3 Å². The minimum absolute atomic E-state index is 0.264. The second-order valence-electron chi connectivity index (χ2n) is 3.99. The Morgan fingerprint density at radius 2 is 1.83 bits per heavy atom. The maximum atomic E-state index is 9.83. The first-order chi connectivity index (χ1) is 11.0. The fourth-order valence-corrected chi connectivity index (χ4v) is 0.982. The minimum Gasteiger partial charge on any atom is -0.478 e. The SMILES string of the molecule is C=C(CC)C(=O)O.C=CC=CC=CC#N.C=Cc1ccccc1. The summed E-state index contributed by atoms with van der Waals surface area (Å²) in [6, 6.07) is 11.9. The average Bonchev–Trinajstić information content (AvgIpc) is 2.59. The second-order valence-corrected chi connectivity index (χ2v) is 3.99. The molecule has 0 aliphatic heterocycles. The molecular formula is C20H23NO2. The summed E-state index contributed by atoms with van der Waals surface area (Å²) in [5.74, 6) is -0.900. The van der Waals surface area contributed by atoms with E-state index in [2.05, 4.69) is 19.7 Å². The predicted molar refractivity (Wildman–Crippen MR) is 97.7 cm³/mol. The van der Waals surface area contributed by atoms with E-state index in [0.29, 0.717) is 6.42 Å². The molecular weight excluding hydrogens is 286 g/mol. The van der Waals surface area contributed by atoms with Crippen LogP contribution in [0.25, 0.3) is 6.08 Å². The largest absolute Gasteiger partial charge is 0.478 e. The molecule has 0 amide bonds. The number of hydrogen-bond acceptors (Lipinski definition) is 2. The smallest absolute Gasteiger partial charge is 0.330 e. The number of aliphatic carboxylic acids is 1. The van der Waals surface area contributed by atoms with Crippen molar-refractivity contribution in [3.8, 4) is 6.07 Å². The van der Waals surface area contributed by atoms with Gasteiger partial charge in [-0.1, -0.05) is 87.4 Å². The Bertz CT molecular complexity index is 575. The third-order valence-corrected chi connectivity index (χ3v) is 2.29. The summed E-state index contributed by atoms with van der Waals surface area (Å²) >= 11 is 0. The van der Waals surface area contributed by atoms with E-state index in [0.717, 1.165) is 0 Å². The average molecular weight is 309 g/mol. The molecule has 23 heavy (non-hydrogen) atoms. The number of benzene rings is 1. The van der Waals surface area contributed by atoms with Crippen LogP contribution in [0.4, 0.5) is 0 Å². The van der Waals surface area contributed by atoms with Crippen LogP contribution in [0.2, 0.25) is 0 Å². The van der Waals surface area contributed by atoms with Crippen molar-refractivity contribution in [1.29, 1.82) is 5.26 Å². The Hall–Kier alpha value is -3.12. The zero-order valence-electron chi connectivity index (χ0n) is 13.5. The molecule has 1 rings (SSSR count). The van der Waals surface area contributed by atoms with Crippen LogP contribution in [0.3, 0.4) is 0 Å². The van der Waals surface area contributed by atoms with Gasteiger partial charge in [0.05, 0.1) is 6.07 Å². The number of carbonyl (C=O) groups is 1. The lowest BCUT2D eigenvalue weighted by Crippen LogP contribution is -1.95. The molecule has 0 atom stereocenters. The summed E-state index contributed by atoms with van der Waals surface area (Å²) in [6.45, 7) is 12.1. The van der Waals surface area contributed by atoms with E-state index < -0.39 is 5.97 Å². The Labute approximate surface area is 138 Å². The van der Waals surface area contributed by atoms with Gasteiger partial charge in [0.1, 0.15) is 0 Å². The van der Waals surface area contributed by atoms with Crippen molar-refractivity contribution in [3.63, 3.8) is 0 Å². The van der Waals surface area contributed by atoms with E-state index >= 15 is 0 Å². The third kappa shape index (κ3) is 16.8. The fourth-order valence-electron chi connectivity index (χ4n) is 0.982. The molecule has 1 aromatic carbocycles. The number of hydrogen-bond donors (Lipinski definition) is 1. The number of carboxylic acids is 1. The Balaban J connectivity index is 0. The molecule has 3 nitrogen and oxygen atoms in total. The highest BCUT2D eigenvalue weighted by molar-refractivity contribution is 5.85. The molecule has 0 heterocycles. The van der Waals surface area contributed by atoms with Crippen molar-refractivity contribution in [2.45, 2.75) is 13.3 Å². The quantitative estimate of drug-likeness (QED) is 0.463. The topological polar surface area (TPSA) is 61.1 Å². The van der Waals surface area contributed by atoms with Crippen LogP contribution < -0.4 is 0 Å². The fraction of sp³-hybridized carbons (Fsp3) is 0.100. The standard InChI is InChI=1S/C8H8.C7H7N.C5H8O2/c1-2-8-6-4-3-5-7-8;1-2-3-4-5-6-7-8;1-3-4(2)5(6)7/h2-7H,1H2;2-6H,1H2;2-3H2,1H3,(H,6,7). The zero-order valence-corrected chi connectivity index (χ0v) is 13.5. The van der Waals surface area contributed by atoms with Crippen molar-refractivity contribution in [2.75, 3.05) is 0 Å². The summed E-state index contributed by atoms with van der Waals surface area (Å²) in [6.07, 6.45) is 10.6. The van der Waals surface area contributed by atoms with Gasteiger partial charge in [0, 0.05) is 11.6 Å². The summed E-state index contributed by atoms with van der Waals surface area (Å²) in [5, 5.41) is 16.1. The molecule has 1 aromatic rings. The summed E-state index contributed by atoms with van der Waals surface area (Å²) in [7, 11) is 0. The van der Waals surface area contributed by atoms with E-state index in [1.165, 1.54) is 11.6 Å². The van der Waals surface area contributed by atoms with Gasteiger partial charge in [-0.3, -0.25) is 0 Å². The Morgan fingerprint density at radius 3 is 2.13 bits per heavy atom. The van der Waals surface area contributed by atoms with Crippen molar-refractivity contribution in [1.82, 2.24) is 0 Å².